The van der Waals surface area contributed by atoms with Crippen LogP contribution in [0.25, 0.3) is 11.1 Å². The van der Waals surface area contributed by atoms with Crippen LogP contribution < -0.4 is 10.6 Å². The molecule has 0 fully saturated rings. The average molecular weight is 334 g/mol. The van der Waals surface area contributed by atoms with Gasteiger partial charge in [0.2, 0.25) is 0 Å². The molecular weight excluding hydrogens is 320 g/mol. The summed E-state index contributed by atoms with van der Waals surface area (Å²) in [4.78, 5) is 11.9. The summed E-state index contributed by atoms with van der Waals surface area (Å²) in [6.07, 6.45) is 2.36. The van der Waals surface area contributed by atoms with E-state index in [0.717, 1.165) is 12.1 Å². The molecular formula is C19H14N2O2S. The Morgan fingerprint density at radius 1 is 1.00 bits per heavy atom. The highest BCUT2D eigenvalue weighted by Crippen LogP contribution is 2.37. The quantitative estimate of drug-likeness (QED) is 0.545. The molecule has 0 aliphatic heterocycles. The number of fused-ring (bicyclic) bond motifs is 3. The highest BCUT2D eigenvalue weighted by atomic mass is 32.1. The molecule has 24 heavy (non-hydrogen) atoms. The van der Waals surface area contributed by atoms with Crippen LogP contribution in [0.5, 0.6) is 0 Å². The van der Waals surface area contributed by atoms with E-state index in [1.54, 1.807) is 12.1 Å². The minimum absolute atomic E-state index is 0.226. The normalized spacial score (nSPS) is 11.5. The number of carbonyl (C=O) groups excluding carboxylic acids is 1. The molecule has 1 aromatic heterocycles. The number of anilines is 1. The summed E-state index contributed by atoms with van der Waals surface area (Å²) in [7, 11) is 0. The zero-order valence-electron chi connectivity index (χ0n) is 12.7. The molecule has 0 unspecified atom stereocenters. The largest absolute Gasteiger partial charge is 0.459 e. The van der Waals surface area contributed by atoms with E-state index in [1.807, 2.05) is 6.07 Å². The van der Waals surface area contributed by atoms with Crippen LogP contribution in [0, 0.1) is 0 Å². The second-order valence-corrected chi connectivity index (χ2v) is 6.00. The number of furan rings is 1. The first-order valence-electron chi connectivity index (χ1n) is 7.58. The molecule has 1 amide bonds. The van der Waals surface area contributed by atoms with Gasteiger partial charge in [0, 0.05) is 5.69 Å². The molecule has 0 radical (unpaired) electrons. The summed E-state index contributed by atoms with van der Waals surface area (Å²) in [5.74, 6) is -0.144. The molecule has 2 N–H and O–H groups in total. The van der Waals surface area contributed by atoms with Gasteiger partial charge >= 0.3 is 0 Å². The van der Waals surface area contributed by atoms with Crippen LogP contribution in [0.3, 0.4) is 0 Å². The lowest BCUT2D eigenvalue weighted by Crippen LogP contribution is -2.33. The van der Waals surface area contributed by atoms with Crippen LogP contribution in [0.4, 0.5) is 5.69 Å². The second kappa shape index (κ2) is 5.94. The maximum Gasteiger partial charge on any atom is 0.293 e. The highest BCUT2D eigenvalue weighted by Gasteiger charge is 2.18. The van der Waals surface area contributed by atoms with Crippen LogP contribution in [0.15, 0.2) is 65.3 Å². The van der Waals surface area contributed by atoms with Crippen molar-refractivity contribution in [1.29, 1.82) is 0 Å². The lowest BCUT2D eigenvalue weighted by atomic mass is 10.1. The molecule has 0 saturated carbocycles. The van der Waals surface area contributed by atoms with Gasteiger partial charge in [0.15, 0.2) is 10.9 Å². The minimum Gasteiger partial charge on any atom is -0.459 e. The van der Waals surface area contributed by atoms with Gasteiger partial charge in [-0.1, -0.05) is 30.3 Å². The van der Waals surface area contributed by atoms with Crippen LogP contribution >= 0.6 is 12.2 Å². The van der Waals surface area contributed by atoms with Gasteiger partial charge in [-0.2, -0.15) is 0 Å². The zero-order chi connectivity index (χ0) is 16.5. The number of carbonyl (C=O) groups is 1. The lowest BCUT2D eigenvalue weighted by Gasteiger charge is -2.10. The Labute approximate surface area is 144 Å². The predicted octanol–water partition coefficient (Wildman–Crippen LogP) is 3.98. The van der Waals surface area contributed by atoms with Crippen molar-refractivity contribution in [1.82, 2.24) is 5.32 Å². The minimum atomic E-state index is -0.369. The van der Waals surface area contributed by atoms with Gasteiger partial charge < -0.3 is 9.73 Å². The van der Waals surface area contributed by atoms with E-state index >= 15 is 0 Å². The number of thiocarbonyl (C=S) groups is 1. The maximum atomic E-state index is 11.9. The summed E-state index contributed by atoms with van der Waals surface area (Å²) < 4.78 is 5.04. The van der Waals surface area contributed by atoms with E-state index in [9.17, 15) is 4.79 Å². The summed E-state index contributed by atoms with van der Waals surface area (Å²) in [5.41, 5.74) is 5.97. The van der Waals surface area contributed by atoms with E-state index in [4.69, 9.17) is 16.6 Å². The Hall–Kier alpha value is -2.92. The third-order valence-corrected chi connectivity index (χ3v) is 4.23. The monoisotopic (exact) mass is 334 g/mol. The smallest absolute Gasteiger partial charge is 0.293 e. The van der Waals surface area contributed by atoms with Gasteiger partial charge in [0.05, 0.1) is 6.26 Å². The van der Waals surface area contributed by atoms with Crippen molar-refractivity contribution in [2.75, 3.05) is 5.32 Å². The molecule has 0 saturated heterocycles. The third-order valence-electron chi connectivity index (χ3n) is 4.02. The Bertz CT molecular complexity index is 932. The fraction of sp³-hybridized carbons (Fsp3) is 0.0526. The molecule has 1 aliphatic rings. The molecule has 5 heteroatoms. The maximum absolute atomic E-state index is 11.9. The van der Waals surface area contributed by atoms with Gasteiger partial charge in [-0.3, -0.25) is 10.1 Å². The zero-order valence-corrected chi connectivity index (χ0v) is 13.5. The van der Waals surface area contributed by atoms with E-state index in [2.05, 4.69) is 47.0 Å². The number of hydrogen-bond acceptors (Lipinski definition) is 3. The van der Waals surface area contributed by atoms with Crippen molar-refractivity contribution in [2.24, 2.45) is 0 Å². The third kappa shape index (κ3) is 2.70. The van der Waals surface area contributed by atoms with Crippen LogP contribution in [-0.2, 0) is 6.42 Å². The van der Waals surface area contributed by atoms with E-state index in [0.29, 0.717) is 0 Å². The van der Waals surface area contributed by atoms with Gasteiger partial charge in [0.25, 0.3) is 5.91 Å². The Balaban J connectivity index is 1.48. The highest BCUT2D eigenvalue weighted by molar-refractivity contribution is 7.80. The van der Waals surface area contributed by atoms with Crippen LogP contribution in [0.1, 0.15) is 21.7 Å². The predicted molar refractivity (Wildman–Crippen MR) is 97.1 cm³/mol. The molecule has 3 aromatic rings. The average Bonchev–Trinajstić information content (AvgIpc) is 3.22. The fourth-order valence-corrected chi connectivity index (χ4v) is 3.17. The Morgan fingerprint density at radius 2 is 1.83 bits per heavy atom. The van der Waals surface area contributed by atoms with Gasteiger partial charge in [-0.25, -0.2) is 0 Å². The van der Waals surface area contributed by atoms with Crippen molar-refractivity contribution in [3.05, 3.63) is 77.7 Å². The first-order chi connectivity index (χ1) is 11.7. The molecule has 0 atom stereocenters. The number of amides is 1. The molecule has 118 valence electrons. The standard InChI is InChI=1S/C19H14N2O2S/c22-18(17-6-3-9-23-17)21-19(24)20-14-7-8-16-13(11-14)10-12-4-1-2-5-15(12)16/h1-9,11H,10H2,(H2,20,21,22,24). The van der Waals surface area contributed by atoms with Gasteiger partial charge in [-0.15, -0.1) is 0 Å². The SMILES string of the molecule is O=C(NC(=S)Nc1ccc2c(c1)Cc1ccccc1-2)c1ccco1. The molecule has 0 spiro atoms. The number of nitrogens with one attached hydrogen (secondary N) is 2. The first-order valence-corrected chi connectivity index (χ1v) is 7.98. The van der Waals surface area contributed by atoms with Crippen molar-refractivity contribution in [3.8, 4) is 11.1 Å². The molecule has 0 bridgehead atoms. The van der Waals surface area contributed by atoms with Crippen molar-refractivity contribution in [3.63, 3.8) is 0 Å². The van der Waals surface area contributed by atoms with E-state index < -0.39 is 0 Å². The van der Waals surface area contributed by atoms with Crippen molar-refractivity contribution < 1.29 is 9.21 Å². The summed E-state index contributed by atoms with van der Waals surface area (Å²) >= 11 is 5.20. The van der Waals surface area contributed by atoms with Crippen LogP contribution in [-0.4, -0.2) is 11.0 Å². The summed E-state index contributed by atoms with van der Waals surface area (Å²) in [6.45, 7) is 0. The second-order valence-electron chi connectivity index (χ2n) is 5.59. The van der Waals surface area contributed by atoms with Gasteiger partial charge in [0.1, 0.15) is 0 Å². The molecule has 1 aliphatic carbocycles. The molecule has 2 aromatic carbocycles. The molecule has 4 nitrogen and oxygen atoms in total. The lowest BCUT2D eigenvalue weighted by molar-refractivity contribution is 0.0950. The number of benzene rings is 2. The van der Waals surface area contributed by atoms with Crippen molar-refractivity contribution in [2.45, 2.75) is 6.42 Å². The first kappa shape index (κ1) is 14.7. The van der Waals surface area contributed by atoms with E-state index in [1.165, 1.54) is 28.5 Å². The van der Waals surface area contributed by atoms with Crippen LogP contribution in [0.2, 0.25) is 0 Å². The van der Waals surface area contributed by atoms with Crippen molar-refractivity contribution >= 4 is 28.9 Å². The van der Waals surface area contributed by atoms with E-state index in [-0.39, 0.29) is 16.8 Å². The molecule has 4 rings (SSSR count). The number of rotatable bonds is 2. The topological polar surface area (TPSA) is 54.3 Å². The Morgan fingerprint density at radius 3 is 2.67 bits per heavy atom. The number of hydrogen-bond donors (Lipinski definition) is 2. The Kier molecular flexibility index (Phi) is 3.63. The molecule has 1 heterocycles. The summed E-state index contributed by atoms with van der Waals surface area (Å²) in [5, 5.41) is 5.89. The summed E-state index contributed by atoms with van der Waals surface area (Å²) in [6, 6.07) is 17.8. The van der Waals surface area contributed by atoms with Gasteiger partial charge in [-0.05, 0) is 65.2 Å². The fourth-order valence-electron chi connectivity index (χ4n) is 2.96.